The van der Waals surface area contributed by atoms with Gasteiger partial charge in [-0.3, -0.25) is 0 Å². The van der Waals surface area contributed by atoms with E-state index in [2.05, 4.69) is 0 Å². The zero-order valence-corrected chi connectivity index (χ0v) is 5.55. The van der Waals surface area contributed by atoms with Gasteiger partial charge in [-0.25, -0.2) is 0 Å². The number of hydrogen-bond acceptors (Lipinski definition) is 3. The van der Waals surface area contributed by atoms with E-state index in [-0.39, 0.29) is 0 Å². The van der Waals surface area contributed by atoms with Gasteiger partial charge in [0.1, 0.15) is 0 Å². The monoisotopic (exact) mass is 131 g/mol. The molecule has 0 aromatic carbocycles. The zero-order valence-electron chi connectivity index (χ0n) is 5.55. The fourth-order valence-electron chi connectivity index (χ4n) is 0.972. The summed E-state index contributed by atoms with van der Waals surface area (Å²) in [7, 11) is 0. The van der Waals surface area contributed by atoms with E-state index in [9.17, 15) is 0 Å². The number of rotatable bonds is 0. The van der Waals surface area contributed by atoms with E-state index in [1.807, 2.05) is 18.2 Å². The molecule has 1 aliphatic rings. The summed E-state index contributed by atoms with van der Waals surface area (Å²) in [5.74, 6) is 0. The molecule has 0 aliphatic heterocycles. The van der Waals surface area contributed by atoms with E-state index in [0.29, 0.717) is 6.42 Å². The average molecular weight is 131 g/mol. The molecule has 3 heteroatoms. The maximum atomic E-state index is 8.51. The summed E-state index contributed by atoms with van der Waals surface area (Å²) in [4.78, 5) is 0. The Morgan fingerprint density at radius 3 is 1.70 bits per heavy atom. The van der Waals surface area contributed by atoms with Crippen molar-refractivity contribution in [2.24, 2.45) is 10.8 Å². The second-order valence-corrected chi connectivity index (χ2v) is 2.75. The third-order valence-corrected chi connectivity index (χ3v) is 2.06. The van der Waals surface area contributed by atoms with E-state index >= 15 is 0 Å². The number of hydrogen-bond donors (Lipinski definition) is 0. The predicted octanol–water partition coefficient (Wildman–Crippen LogP) is 0.954. The van der Waals surface area contributed by atoms with Gasteiger partial charge >= 0.3 is 0 Å². The molecule has 0 aromatic heterocycles. The van der Waals surface area contributed by atoms with E-state index in [4.69, 9.17) is 15.8 Å². The predicted molar refractivity (Wildman–Crippen MR) is 32.0 cm³/mol. The SMILES string of the molecule is CC1(C#N)CC1(C#N)C#N. The molecule has 1 fully saturated rings. The Bertz CT molecular complexity index is 271. The van der Waals surface area contributed by atoms with Crippen LogP contribution in [-0.2, 0) is 0 Å². The van der Waals surface area contributed by atoms with Crippen molar-refractivity contribution >= 4 is 0 Å². The van der Waals surface area contributed by atoms with E-state index in [0.717, 1.165) is 0 Å². The summed E-state index contributed by atoms with van der Waals surface area (Å²) in [6.45, 7) is 1.64. The molecule has 48 valence electrons. The molecule has 1 saturated carbocycles. The van der Waals surface area contributed by atoms with Crippen molar-refractivity contribution in [3.8, 4) is 18.2 Å². The Balaban J connectivity index is 2.98. The Kier molecular flexibility index (Phi) is 0.984. The average Bonchev–Trinajstić information content (AvgIpc) is 2.59. The minimum Gasteiger partial charge on any atom is -0.198 e. The molecule has 0 heterocycles. The van der Waals surface area contributed by atoms with Gasteiger partial charge in [-0.2, -0.15) is 15.8 Å². The summed E-state index contributed by atoms with van der Waals surface area (Å²) in [5.41, 5.74) is -1.72. The topological polar surface area (TPSA) is 71.4 Å². The Hall–Kier alpha value is -1.53. The van der Waals surface area contributed by atoms with Gasteiger partial charge in [0.15, 0.2) is 5.41 Å². The quantitative estimate of drug-likeness (QED) is 0.491. The van der Waals surface area contributed by atoms with E-state index in [1.165, 1.54) is 0 Å². The second kappa shape index (κ2) is 1.49. The van der Waals surface area contributed by atoms with Crippen LogP contribution >= 0.6 is 0 Å². The lowest BCUT2D eigenvalue weighted by Gasteiger charge is -1.95. The third kappa shape index (κ3) is 0.462. The molecule has 0 N–H and O–H groups in total. The first-order valence-electron chi connectivity index (χ1n) is 2.88. The molecule has 0 aromatic rings. The molecule has 0 spiro atoms. The van der Waals surface area contributed by atoms with Gasteiger partial charge in [0.05, 0.1) is 23.6 Å². The van der Waals surface area contributed by atoms with Gasteiger partial charge in [-0.1, -0.05) is 0 Å². The van der Waals surface area contributed by atoms with Crippen LogP contribution in [0.2, 0.25) is 0 Å². The highest BCUT2D eigenvalue weighted by atomic mass is 14.7. The lowest BCUT2D eigenvalue weighted by molar-refractivity contribution is 0.644. The van der Waals surface area contributed by atoms with Crippen molar-refractivity contribution in [1.82, 2.24) is 0 Å². The zero-order chi connectivity index (χ0) is 7.83. The first kappa shape index (κ1) is 6.59. The van der Waals surface area contributed by atoms with E-state index < -0.39 is 10.8 Å². The normalized spacial score (nSPS) is 33.0. The summed E-state index contributed by atoms with van der Waals surface area (Å²) in [6.07, 6.45) is 0.392. The van der Waals surface area contributed by atoms with Crippen LogP contribution in [0.3, 0.4) is 0 Å². The lowest BCUT2D eigenvalue weighted by atomic mass is 9.99. The van der Waals surface area contributed by atoms with Gasteiger partial charge in [0, 0.05) is 6.42 Å². The van der Waals surface area contributed by atoms with Gasteiger partial charge in [-0.05, 0) is 6.92 Å². The van der Waals surface area contributed by atoms with Crippen molar-refractivity contribution < 1.29 is 0 Å². The molecule has 1 aliphatic carbocycles. The second-order valence-electron chi connectivity index (χ2n) is 2.75. The van der Waals surface area contributed by atoms with Gasteiger partial charge in [-0.15, -0.1) is 0 Å². The molecule has 0 amide bonds. The van der Waals surface area contributed by atoms with Crippen LogP contribution in [0.25, 0.3) is 0 Å². The first-order chi connectivity index (χ1) is 4.64. The van der Waals surface area contributed by atoms with Crippen LogP contribution in [0.4, 0.5) is 0 Å². The number of nitriles is 3. The van der Waals surface area contributed by atoms with Crippen LogP contribution in [0, 0.1) is 44.8 Å². The van der Waals surface area contributed by atoms with Gasteiger partial charge in [0.25, 0.3) is 0 Å². The highest BCUT2D eigenvalue weighted by Crippen LogP contribution is 2.62. The standard InChI is InChI=1S/C7H5N3/c1-6(3-8)2-7(6,4-9)5-10/h2H2,1H3. The fourth-order valence-corrected chi connectivity index (χ4v) is 0.972. The minimum atomic E-state index is -1.01. The van der Waals surface area contributed by atoms with Crippen LogP contribution in [0.15, 0.2) is 0 Å². The van der Waals surface area contributed by atoms with Crippen LogP contribution in [-0.4, -0.2) is 0 Å². The summed E-state index contributed by atoms with van der Waals surface area (Å²) in [6, 6.07) is 5.68. The summed E-state index contributed by atoms with van der Waals surface area (Å²) in [5, 5.41) is 25.5. The lowest BCUT2D eigenvalue weighted by Crippen LogP contribution is -2.03. The summed E-state index contributed by atoms with van der Waals surface area (Å²) >= 11 is 0. The number of nitrogens with zero attached hydrogens (tertiary/aromatic N) is 3. The van der Waals surface area contributed by atoms with Crippen molar-refractivity contribution in [2.45, 2.75) is 13.3 Å². The Morgan fingerprint density at radius 1 is 1.10 bits per heavy atom. The third-order valence-electron chi connectivity index (χ3n) is 2.06. The highest BCUT2D eigenvalue weighted by molar-refractivity contribution is 5.39. The molecule has 1 atom stereocenters. The maximum Gasteiger partial charge on any atom is 0.163 e. The molecular weight excluding hydrogens is 126 g/mol. The van der Waals surface area contributed by atoms with Gasteiger partial charge in [0.2, 0.25) is 0 Å². The molecule has 1 unspecified atom stereocenters. The molecular formula is C7H5N3. The van der Waals surface area contributed by atoms with Crippen LogP contribution in [0.5, 0.6) is 0 Å². The van der Waals surface area contributed by atoms with Crippen LogP contribution < -0.4 is 0 Å². The maximum absolute atomic E-state index is 8.51. The highest BCUT2D eigenvalue weighted by Gasteiger charge is 2.67. The Labute approximate surface area is 59.1 Å². The molecule has 0 saturated heterocycles. The Morgan fingerprint density at radius 2 is 1.60 bits per heavy atom. The minimum absolute atomic E-state index is 0.392. The molecule has 10 heavy (non-hydrogen) atoms. The van der Waals surface area contributed by atoms with Crippen molar-refractivity contribution in [3.63, 3.8) is 0 Å². The molecule has 0 bridgehead atoms. The summed E-state index contributed by atoms with van der Waals surface area (Å²) < 4.78 is 0. The largest absolute Gasteiger partial charge is 0.198 e. The smallest absolute Gasteiger partial charge is 0.163 e. The van der Waals surface area contributed by atoms with Crippen molar-refractivity contribution in [1.29, 1.82) is 15.8 Å². The first-order valence-corrected chi connectivity index (χ1v) is 2.88. The van der Waals surface area contributed by atoms with E-state index in [1.54, 1.807) is 6.92 Å². The molecule has 1 rings (SSSR count). The van der Waals surface area contributed by atoms with Crippen molar-refractivity contribution in [3.05, 3.63) is 0 Å². The van der Waals surface area contributed by atoms with Crippen molar-refractivity contribution in [2.75, 3.05) is 0 Å². The molecule has 3 nitrogen and oxygen atoms in total. The molecule has 0 radical (unpaired) electrons. The fraction of sp³-hybridized carbons (Fsp3) is 0.571. The van der Waals surface area contributed by atoms with Gasteiger partial charge < -0.3 is 0 Å². The van der Waals surface area contributed by atoms with Crippen LogP contribution in [0.1, 0.15) is 13.3 Å².